The summed E-state index contributed by atoms with van der Waals surface area (Å²) in [5.74, 6) is -0.613. The van der Waals surface area contributed by atoms with Gasteiger partial charge in [0.25, 0.3) is 0 Å². The molecule has 1 aliphatic heterocycles. The van der Waals surface area contributed by atoms with Crippen LogP contribution in [0.3, 0.4) is 0 Å². The summed E-state index contributed by atoms with van der Waals surface area (Å²) in [6, 6.07) is 4.80. The average Bonchev–Trinajstić information content (AvgIpc) is 2.60. The number of rotatable bonds is 4. The lowest BCUT2D eigenvalue weighted by Crippen LogP contribution is -2.41. The van der Waals surface area contributed by atoms with Gasteiger partial charge < -0.3 is 14.6 Å². The molecule has 0 spiro atoms. The van der Waals surface area contributed by atoms with Crippen LogP contribution in [0.15, 0.2) is 18.2 Å². The predicted molar refractivity (Wildman–Crippen MR) is 89.1 cm³/mol. The van der Waals surface area contributed by atoms with Gasteiger partial charge in [-0.25, -0.2) is 4.39 Å². The van der Waals surface area contributed by atoms with Crippen molar-refractivity contribution in [3.05, 3.63) is 29.6 Å². The van der Waals surface area contributed by atoms with Crippen molar-refractivity contribution in [2.45, 2.75) is 65.2 Å². The molecular weight excluding hydrogens is 296 g/mol. The monoisotopic (exact) mass is 321 g/mol. The molecule has 1 N–H and O–H groups in total. The van der Waals surface area contributed by atoms with E-state index < -0.39 is 24.1 Å². The van der Waals surface area contributed by atoms with Gasteiger partial charge in [-0.05, 0) is 58.6 Å². The van der Waals surface area contributed by atoms with Gasteiger partial charge in [0.2, 0.25) is 5.91 Å². The second-order valence-corrected chi connectivity index (χ2v) is 7.34. The molecule has 0 saturated carbocycles. The van der Waals surface area contributed by atoms with Crippen molar-refractivity contribution in [3.63, 3.8) is 0 Å². The minimum Gasteiger partial charge on any atom is -0.399 e. The maximum atomic E-state index is 14.3. The predicted octanol–water partition coefficient (Wildman–Crippen LogP) is 2.19. The summed E-state index contributed by atoms with van der Waals surface area (Å²) in [6.45, 7) is 11.6. The fourth-order valence-corrected chi connectivity index (χ4v) is 2.38. The maximum Gasteiger partial charge on any atom is 0.494 e. The fraction of sp³-hybridized carbons (Fsp3) is 0.588. The molecule has 2 rings (SSSR count). The minimum absolute atomic E-state index is 0.0215. The van der Waals surface area contributed by atoms with E-state index in [4.69, 9.17) is 9.31 Å². The van der Waals surface area contributed by atoms with E-state index in [1.54, 1.807) is 12.1 Å². The van der Waals surface area contributed by atoms with Crippen LogP contribution >= 0.6 is 0 Å². The lowest BCUT2D eigenvalue weighted by atomic mass is 9.78. The third-order valence-electron chi connectivity index (χ3n) is 4.40. The third-order valence-corrected chi connectivity index (χ3v) is 4.40. The molecule has 1 aromatic rings. The van der Waals surface area contributed by atoms with E-state index >= 15 is 0 Å². The molecule has 126 valence electrons. The van der Waals surface area contributed by atoms with Crippen molar-refractivity contribution in [2.24, 2.45) is 0 Å². The first-order chi connectivity index (χ1) is 10.5. The van der Waals surface area contributed by atoms with E-state index in [9.17, 15) is 9.18 Å². The molecular formula is C17H25BFNO3. The van der Waals surface area contributed by atoms with Gasteiger partial charge in [-0.3, -0.25) is 4.79 Å². The molecule has 0 aromatic heterocycles. The van der Waals surface area contributed by atoms with E-state index in [0.717, 1.165) is 0 Å². The second-order valence-electron chi connectivity index (χ2n) is 7.34. The first-order valence-corrected chi connectivity index (χ1v) is 7.95. The van der Waals surface area contributed by atoms with E-state index in [2.05, 4.69) is 5.32 Å². The number of carbonyl (C=O) groups excluding carboxylic acids is 1. The molecule has 1 aromatic carbocycles. The van der Waals surface area contributed by atoms with Crippen molar-refractivity contribution in [3.8, 4) is 0 Å². The third kappa shape index (κ3) is 3.93. The fourth-order valence-electron chi connectivity index (χ4n) is 2.38. The molecule has 1 amide bonds. The lowest BCUT2D eigenvalue weighted by Gasteiger charge is -2.32. The molecule has 23 heavy (non-hydrogen) atoms. The lowest BCUT2D eigenvalue weighted by molar-refractivity contribution is -0.120. The van der Waals surface area contributed by atoms with E-state index in [1.807, 2.05) is 41.5 Å². The summed E-state index contributed by atoms with van der Waals surface area (Å²) in [5, 5.41) is 2.75. The number of hydrogen-bond acceptors (Lipinski definition) is 3. The molecule has 1 heterocycles. The van der Waals surface area contributed by atoms with Crippen LogP contribution in [0, 0.1) is 5.82 Å². The number of carbonyl (C=O) groups is 1. The van der Waals surface area contributed by atoms with Crippen LogP contribution in [-0.2, 0) is 20.5 Å². The largest absolute Gasteiger partial charge is 0.494 e. The van der Waals surface area contributed by atoms with Crippen LogP contribution in [0.25, 0.3) is 0 Å². The quantitative estimate of drug-likeness (QED) is 0.865. The van der Waals surface area contributed by atoms with Crippen molar-refractivity contribution >= 4 is 18.5 Å². The molecule has 0 aliphatic carbocycles. The molecule has 0 radical (unpaired) electrons. The number of amides is 1. The highest BCUT2D eigenvalue weighted by molar-refractivity contribution is 6.62. The highest BCUT2D eigenvalue weighted by Gasteiger charge is 2.51. The van der Waals surface area contributed by atoms with E-state index in [1.165, 1.54) is 6.07 Å². The van der Waals surface area contributed by atoms with Gasteiger partial charge in [0.1, 0.15) is 5.82 Å². The Bertz CT molecular complexity index is 586. The van der Waals surface area contributed by atoms with E-state index in [-0.39, 0.29) is 18.4 Å². The molecule has 0 unspecified atom stereocenters. The van der Waals surface area contributed by atoms with Gasteiger partial charge >= 0.3 is 7.12 Å². The van der Waals surface area contributed by atoms with Gasteiger partial charge in [-0.2, -0.15) is 0 Å². The Morgan fingerprint density at radius 2 is 1.78 bits per heavy atom. The molecule has 6 heteroatoms. The SMILES string of the molecule is CC(C)NC(=O)Cc1ccc(B2OC(C)(C)C(C)(C)O2)cc1F. The average molecular weight is 321 g/mol. The van der Waals surface area contributed by atoms with Gasteiger partial charge in [0.15, 0.2) is 0 Å². The molecule has 0 atom stereocenters. The number of halogens is 1. The van der Waals surface area contributed by atoms with Crippen LogP contribution in [0.2, 0.25) is 0 Å². The Labute approximate surface area is 137 Å². The molecule has 1 saturated heterocycles. The van der Waals surface area contributed by atoms with Gasteiger partial charge in [-0.1, -0.05) is 12.1 Å². The standard InChI is InChI=1S/C17H25BFNO3/c1-11(2)20-15(21)9-12-7-8-13(10-14(12)19)18-22-16(3,4)17(5,6)23-18/h7-8,10-11H,9H2,1-6H3,(H,20,21). The molecule has 4 nitrogen and oxygen atoms in total. The normalized spacial score (nSPS) is 19.2. The number of benzene rings is 1. The van der Waals surface area contributed by atoms with Gasteiger partial charge in [0, 0.05) is 6.04 Å². The minimum atomic E-state index is -0.604. The second kappa shape index (κ2) is 6.25. The van der Waals surface area contributed by atoms with Crippen molar-refractivity contribution < 1.29 is 18.5 Å². The van der Waals surface area contributed by atoms with Crippen molar-refractivity contribution in [1.29, 1.82) is 0 Å². The van der Waals surface area contributed by atoms with Crippen LogP contribution in [0.1, 0.15) is 47.1 Å². The van der Waals surface area contributed by atoms with Crippen LogP contribution in [-0.4, -0.2) is 30.3 Å². The summed E-state index contributed by atoms with van der Waals surface area (Å²) in [5.41, 5.74) is 0.0473. The zero-order chi connectivity index (χ0) is 17.4. The Balaban J connectivity index is 2.13. The van der Waals surface area contributed by atoms with Gasteiger partial charge in [-0.15, -0.1) is 0 Å². The topological polar surface area (TPSA) is 47.6 Å². The number of nitrogens with one attached hydrogen (secondary N) is 1. The van der Waals surface area contributed by atoms with Crippen molar-refractivity contribution in [1.82, 2.24) is 5.32 Å². The van der Waals surface area contributed by atoms with Gasteiger partial charge in [0.05, 0.1) is 17.6 Å². The van der Waals surface area contributed by atoms with Crippen LogP contribution < -0.4 is 10.8 Å². The Hall–Kier alpha value is -1.40. The van der Waals surface area contributed by atoms with Crippen LogP contribution in [0.4, 0.5) is 4.39 Å². The maximum absolute atomic E-state index is 14.3. The number of hydrogen-bond donors (Lipinski definition) is 1. The first kappa shape index (κ1) is 18.0. The molecule has 0 bridgehead atoms. The Kier molecular flexibility index (Phi) is 4.88. The Morgan fingerprint density at radius 3 is 2.26 bits per heavy atom. The summed E-state index contributed by atoms with van der Waals surface area (Å²) in [4.78, 5) is 11.8. The summed E-state index contributed by atoms with van der Waals surface area (Å²) in [7, 11) is -0.604. The van der Waals surface area contributed by atoms with Crippen molar-refractivity contribution in [2.75, 3.05) is 0 Å². The first-order valence-electron chi connectivity index (χ1n) is 7.95. The highest BCUT2D eigenvalue weighted by atomic mass is 19.1. The Morgan fingerprint density at radius 1 is 1.22 bits per heavy atom. The zero-order valence-electron chi connectivity index (χ0n) is 14.7. The molecule has 1 fully saturated rings. The van der Waals surface area contributed by atoms with E-state index in [0.29, 0.717) is 11.0 Å². The highest BCUT2D eigenvalue weighted by Crippen LogP contribution is 2.36. The summed E-state index contributed by atoms with van der Waals surface area (Å²) < 4.78 is 26.1. The zero-order valence-corrected chi connectivity index (χ0v) is 14.7. The summed E-state index contributed by atoms with van der Waals surface area (Å²) >= 11 is 0. The smallest absolute Gasteiger partial charge is 0.399 e. The molecule has 1 aliphatic rings. The summed E-state index contributed by atoms with van der Waals surface area (Å²) in [6.07, 6.45) is 0.0215. The van der Waals surface area contributed by atoms with Crippen LogP contribution in [0.5, 0.6) is 0 Å².